The van der Waals surface area contributed by atoms with Crippen molar-refractivity contribution in [1.82, 2.24) is 4.90 Å². The zero-order valence-corrected chi connectivity index (χ0v) is 10.7. The molecule has 0 aliphatic carbocycles. The smallest absolute Gasteiger partial charge is 0.320 e. The van der Waals surface area contributed by atoms with Crippen molar-refractivity contribution in [3.63, 3.8) is 0 Å². The summed E-state index contributed by atoms with van der Waals surface area (Å²) in [6.07, 6.45) is 2.55. The molecule has 0 spiro atoms. The molecule has 4 heteroatoms. The summed E-state index contributed by atoms with van der Waals surface area (Å²) in [5.74, 6) is -0.712. The third-order valence-corrected chi connectivity index (χ3v) is 3.61. The highest BCUT2D eigenvalue weighted by molar-refractivity contribution is 7.09. The van der Waals surface area contributed by atoms with Gasteiger partial charge in [-0.25, -0.2) is 0 Å². The van der Waals surface area contributed by atoms with Crippen LogP contribution in [-0.4, -0.2) is 35.6 Å². The van der Waals surface area contributed by atoms with Gasteiger partial charge in [-0.15, -0.1) is 11.3 Å². The molecule has 3 nitrogen and oxygen atoms in total. The Bertz CT molecular complexity index is 311. The molecule has 0 amide bonds. The van der Waals surface area contributed by atoms with Crippen molar-refractivity contribution in [1.29, 1.82) is 0 Å². The summed E-state index contributed by atoms with van der Waals surface area (Å²) < 4.78 is 0. The van der Waals surface area contributed by atoms with E-state index < -0.39 is 5.97 Å². The van der Waals surface area contributed by atoms with E-state index in [1.165, 1.54) is 4.88 Å². The fourth-order valence-electron chi connectivity index (χ4n) is 1.70. The molecule has 1 aromatic rings. The second-order valence-corrected chi connectivity index (χ2v) is 4.98. The lowest BCUT2D eigenvalue weighted by atomic mass is 10.1. The molecule has 0 fully saturated rings. The van der Waals surface area contributed by atoms with E-state index in [1.54, 1.807) is 11.3 Å². The van der Waals surface area contributed by atoms with Gasteiger partial charge in [0, 0.05) is 11.4 Å². The number of thiophene rings is 1. The minimum absolute atomic E-state index is 0.343. The van der Waals surface area contributed by atoms with Crippen LogP contribution in [0, 0.1) is 0 Å². The topological polar surface area (TPSA) is 40.5 Å². The Labute approximate surface area is 101 Å². The molecular weight excluding hydrogens is 222 g/mol. The number of carboxylic acids is 1. The van der Waals surface area contributed by atoms with Crippen LogP contribution >= 0.6 is 11.3 Å². The maximum atomic E-state index is 11.1. The number of likely N-dealkylation sites (N-methyl/N-ethyl adjacent to an activating group) is 1. The van der Waals surface area contributed by atoms with E-state index in [0.717, 1.165) is 25.8 Å². The minimum Gasteiger partial charge on any atom is -0.480 e. The maximum Gasteiger partial charge on any atom is 0.320 e. The Morgan fingerprint density at radius 2 is 2.38 bits per heavy atom. The molecule has 1 N–H and O–H groups in total. The van der Waals surface area contributed by atoms with Crippen LogP contribution in [0.2, 0.25) is 0 Å². The summed E-state index contributed by atoms with van der Waals surface area (Å²) in [6, 6.07) is 3.78. The van der Waals surface area contributed by atoms with Crippen molar-refractivity contribution >= 4 is 17.3 Å². The van der Waals surface area contributed by atoms with Crippen LogP contribution in [0.25, 0.3) is 0 Å². The molecule has 0 saturated heterocycles. The number of carbonyl (C=O) groups is 1. The minimum atomic E-state index is -0.712. The standard InChI is InChI=1S/C12H19NO2S/c1-3-5-11(12(14)15)13(2)8-7-10-6-4-9-16-10/h4,6,9,11H,3,5,7-8H2,1-2H3,(H,14,15). The molecule has 0 aromatic carbocycles. The van der Waals surface area contributed by atoms with E-state index in [0.29, 0.717) is 0 Å². The quantitative estimate of drug-likeness (QED) is 0.797. The molecule has 1 heterocycles. The van der Waals surface area contributed by atoms with Crippen molar-refractivity contribution in [2.24, 2.45) is 0 Å². The first-order valence-electron chi connectivity index (χ1n) is 5.60. The predicted molar refractivity (Wildman–Crippen MR) is 67.0 cm³/mol. The van der Waals surface area contributed by atoms with Gasteiger partial charge in [0.05, 0.1) is 0 Å². The fraction of sp³-hybridized carbons (Fsp3) is 0.583. The largest absolute Gasteiger partial charge is 0.480 e. The SMILES string of the molecule is CCCC(C(=O)O)N(C)CCc1cccs1. The molecule has 90 valence electrons. The van der Waals surface area contributed by atoms with E-state index >= 15 is 0 Å². The Kier molecular flexibility index (Phi) is 5.49. The molecule has 0 radical (unpaired) electrons. The van der Waals surface area contributed by atoms with Gasteiger partial charge >= 0.3 is 5.97 Å². The van der Waals surface area contributed by atoms with E-state index in [-0.39, 0.29) is 6.04 Å². The van der Waals surface area contributed by atoms with Gasteiger partial charge in [0.2, 0.25) is 0 Å². The van der Waals surface area contributed by atoms with Crippen molar-refractivity contribution in [2.75, 3.05) is 13.6 Å². The highest BCUT2D eigenvalue weighted by Gasteiger charge is 2.20. The first-order valence-corrected chi connectivity index (χ1v) is 6.48. The van der Waals surface area contributed by atoms with E-state index in [2.05, 4.69) is 11.4 Å². The molecule has 0 bridgehead atoms. The summed E-state index contributed by atoms with van der Waals surface area (Å²) in [4.78, 5) is 14.3. The normalized spacial score (nSPS) is 12.9. The van der Waals surface area contributed by atoms with Gasteiger partial charge in [0.15, 0.2) is 0 Å². The molecule has 0 aliphatic heterocycles. The van der Waals surface area contributed by atoms with Crippen molar-refractivity contribution in [3.05, 3.63) is 22.4 Å². The molecule has 16 heavy (non-hydrogen) atoms. The van der Waals surface area contributed by atoms with Crippen LogP contribution in [0.4, 0.5) is 0 Å². The lowest BCUT2D eigenvalue weighted by molar-refractivity contribution is -0.143. The third-order valence-electron chi connectivity index (χ3n) is 2.67. The van der Waals surface area contributed by atoms with Gasteiger partial charge < -0.3 is 5.11 Å². The number of nitrogens with zero attached hydrogens (tertiary/aromatic N) is 1. The maximum absolute atomic E-state index is 11.1. The van der Waals surface area contributed by atoms with Crippen LogP contribution in [0.3, 0.4) is 0 Å². The van der Waals surface area contributed by atoms with Crippen molar-refractivity contribution < 1.29 is 9.90 Å². The number of carboxylic acid groups (broad SMARTS) is 1. The lowest BCUT2D eigenvalue weighted by Gasteiger charge is -2.23. The van der Waals surface area contributed by atoms with Gasteiger partial charge in [0.25, 0.3) is 0 Å². The summed E-state index contributed by atoms with van der Waals surface area (Å²) >= 11 is 1.72. The highest BCUT2D eigenvalue weighted by Crippen LogP contribution is 2.11. The highest BCUT2D eigenvalue weighted by atomic mass is 32.1. The van der Waals surface area contributed by atoms with Crippen LogP contribution in [0.1, 0.15) is 24.6 Å². The molecular formula is C12H19NO2S. The Morgan fingerprint density at radius 1 is 1.62 bits per heavy atom. The summed E-state index contributed by atoms with van der Waals surface area (Å²) in [7, 11) is 1.89. The molecule has 1 rings (SSSR count). The Hall–Kier alpha value is -0.870. The van der Waals surface area contributed by atoms with Crippen LogP contribution in [0.5, 0.6) is 0 Å². The third kappa shape index (κ3) is 3.94. The van der Waals surface area contributed by atoms with Gasteiger partial charge in [-0.05, 0) is 31.3 Å². The lowest BCUT2D eigenvalue weighted by Crippen LogP contribution is -2.39. The van der Waals surface area contributed by atoms with E-state index in [4.69, 9.17) is 5.11 Å². The first kappa shape index (κ1) is 13.2. The second-order valence-electron chi connectivity index (χ2n) is 3.95. The number of hydrogen-bond acceptors (Lipinski definition) is 3. The number of aliphatic carboxylic acids is 1. The monoisotopic (exact) mass is 241 g/mol. The summed E-state index contributed by atoms with van der Waals surface area (Å²) in [5, 5.41) is 11.1. The zero-order chi connectivity index (χ0) is 12.0. The van der Waals surface area contributed by atoms with E-state index in [9.17, 15) is 4.79 Å². The van der Waals surface area contributed by atoms with Gasteiger partial charge in [-0.3, -0.25) is 9.69 Å². The van der Waals surface area contributed by atoms with Crippen molar-refractivity contribution in [3.8, 4) is 0 Å². The molecule has 1 atom stereocenters. The molecule has 0 aliphatic rings. The number of hydrogen-bond donors (Lipinski definition) is 1. The average Bonchev–Trinajstić information content (AvgIpc) is 2.75. The molecule has 0 saturated carbocycles. The van der Waals surface area contributed by atoms with Crippen LogP contribution in [-0.2, 0) is 11.2 Å². The molecule has 1 aromatic heterocycles. The van der Waals surface area contributed by atoms with Crippen LogP contribution in [0.15, 0.2) is 17.5 Å². The molecule has 1 unspecified atom stereocenters. The second kappa shape index (κ2) is 6.66. The summed E-state index contributed by atoms with van der Waals surface area (Å²) in [6.45, 7) is 2.82. The fourth-order valence-corrected chi connectivity index (χ4v) is 2.40. The number of rotatable bonds is 7. The zero-order valence-electron chi connectivity index (χ0n) is 9.85. The van der Waals surface area contributed by atoms with Crippen LogP contribution < -0.4 is 0 Å². The predicted octanol–water partition coefficient (Wildman–Crippen LogP) is 2.48. The van der Waals surface area contributed by atoms with Crippen molar-refractivity contribution in [2.45, 2.75) is 32.2 Å². The van der Waals surface area contributed by atoms with Gasteiger partial charge in [-0.2, -0.15) is 0 Å². The summed E-state index contributed by atoms with van der Waals surface area (Å²) in [5.41, 5.74) is 0. The Morgan fingerprint density at radius 3 is 2.88 bits per heavy atom. The first-order chi connectivity index (χ1) is 7.65. The Balaban J connectivity index is 2.42. The van der Waals surface area contributed by atoms with Gasteiger partial charge in [-0.1, -0.05) is 19.4 Å². The average molecular weight is 241 g/mol. The van der Waals surface area contributed by atoms with E-state index in [1.807, 2.05) is 24.9 Å². The van der Waals surface area contributed by atoms with Gasteiger partial charge in [0.1, 0.15) is 6.04 Å².